The summed E-state index contributed by atoms with van der Waals surface area (Å²) in [6, 6.07) is 10.5. The van der Waals surface area contributed by atoms with E-state index in [0.717, 1.165) is 25.4 Å². The Labute approximate surface area is 110 Å². The zero-order valence-corrected chi connectivity index (χ0v) is 11.9. The van der Waals surface area contributed by atoms with Gasteiger partial charge in [0.1, 0.15) is 0 Å². The van der Waals surface area contributed by atoms with E-state index < -0.39 is 0 Å². The first-order valence-electron chi connectivity index (χ1n) is 6.21. The van der Waals surface area contributed by atoms with Gasteiger partial charge in [-0.05, 0) is 32.9 Å². The monoisotopic (exact) mass is 252 g/mol. The van der Waals surface area contributed by atoms with E-state index in [4.69, 9.17) is 0 Å². The highest BCUT2D eigenvalue weighted by molar-refractivity contribution is 7.99. The molecule has 0 fully saturated rings. The average molecular weight is 252 g/mol. The molecular formula is C14H24N2S. The molecule has 0 aliphatic carbocycles. The molecule has 96 valence electrons. The molecule has 1 rings (SSSR count). The van der Waals surface area contributed by atoms with Crippen LogP contribution in [0.25, 0.3) is 0 Å². The maximum atomic E-state index is 3.46. The molecule has 2 nitrogen and oxygen atoms in total. The van der Waals surface area contributed by atoms with Crippen LogP contribution in [-0.2, 0) is 0 Å². The molecule has 0 bridgehead atoms. The van der Waals surface area contributed by atoms with Crippen molar-refractivity contribution < 1.29 is 0 Å². The van der Waals surface area contributed by atoms with Gasteiger partial charge in [-0.15, -0.1) is 11.8 Å². The van der Waals surface area contributed by atoms with Crippen LogP contribution >= 0.6 is 11.8 Å². The van der Waals surface area contributed by atoms with Crippen molar-refractivity contribution in [2.45, 2.75) is 31.2 Å². The molecule has 0 aliphatic heterocycles. The Morgan fingerprint density at radius 3 is 2.35 bits per heavy atom. The second-order valence-electron chi connectivity index (χ2n) is 5.09. The molecule has 17 heavy (non-hydrogen) atoms. The predicted octanol–water partition coefficient (Wildman–Crippen LogP) is 2.76. The molecule has 3 heteroatoms. The molecule has 0 radical (unpaired) electrons. The van der Waals surface area contributed by atoms with E-state index in [0.29, 0.717) is 0 Å². The van der Waals surface area contributed by atoms with E-state index in [1.165, 1.54) is 4.90 Å². The zero-order chi connectivity index (χ0) is 12.6. The fraction of sp³-hybridized carbons (Fsp3) is 0.571. The summed E-state index contributed by atoms with van der Waals surface area (Å²) in [5.74, 6) is 1.12. The number of rotatable bonds is 7. The topological polar surface area (TPSA) is 24.1 Å². The first-order valence-corrected chi connectivity index (χ1v) is 7.20. The van der Waals surface area contributed by atoms with Gasteiger partial charge in [-0.1, -0.05) is 18.2 Å². The number of thioether (sulfide) groups is 1. The number of benzene rings is 1. The molecule has 2 N–H and O–H groups in total. The van der Waals surface area contributed by atoms with Gasteiger partial charge in [-0.3, -0.25) is 0 Å². The Kier molecular flexibility index (Phi) is 6.63. The molecule has 1 aromatic rings. The third kappa shape index (κ3) is 8.25. The van der Waals surface area contributed by atoms with Crippen LogP contribution in [0.2, 0.25) is 0 Å². The molecule has 1 aromatic carbocycles. The highest BCUT2D eigenvalue weighted by Gasteiger charge is 2.06. The van der Waals surface area contributed by atoms with Gasteiger partial charge in [0.2, 0.25) is 0 Å². The molecular weight excluding hydrogens is 228 g/mol. The van der Waals surface area contributed by atoms with Gasteiger partial charge < -0.3 is 10.6 Å². The van der Waals surface area contributed by atoms with Crippen LogP contribution in [0.5, 0.6) is 0 Å². The molecule has 0 heterocycles. The molecule has 0 saturated carbocycles. The van der Waals surface area contributed by atoms with Crippen molar-refractivity contribution in [1.29, 1.82) is 0 Å². The molecule has 0 aliphatic rings. The lowest BCUT2D eigenvalue weighted by atomic mass is 10.1. The van der Waals surface area contributed by atoms with Crippen molar-refractivity contribution in [2.75, 3.05) is 25.4 Å². The lowest BCUT2D eigenvalue weighted by Gasteiger charge is -2.20. The van der Waals surface area contributed by atoms with Crippen molar-refractivity contribution in [1.82, 2.24) is 10.6 Å². The summed E-state index contributed by atoms with van der Waals surface area (Å²) in [7, 11) is 0. The second kappa shape index (κ2) is 7.75. The third-order valence-electron chi connectivity index (χ3n) is 2.25. The molecule has 0 amide bonds. The highest BCUT2D eigenvalue weighted by Crippen LogP contribution is 2.15. The van der Waals surface area contributed by atoms with E-state index in [1.807, 2.05) is 11.8 Å². The standard InChI is InChI=1S/C14H24N2S/c1-14(2,3)16-10-9-15-11-12-17-13-7-5-4-6-8-13/h4-8,15-16H,9-12H2,1-3H3. The van der Waals surface area contributed by atoms with Crippen LogP contribution in [0.15, 0.2) is 35.2 Å². The van der Waals surface area contributed by atoms with Crippen molar-refractivity contribution in [3.8, 4) is 0 Å². The predicted molar refractivity (Wildman–Crippen MR) is 77.8 cm³/mol. The average Bonchev–Trinajstić information content (AvgIpc) is 2.28. The summed E-state index contributed by atoms with van der Waals surface area (Å²) in [4.78, 5) is 1.35. The van der Waals surface area contributed by atoms with Crippen LogP contribution in [-0.4, -0.2) is 30.9 Å². The maximum Gasteiger partial charge on any atom is 0.0106 e. The summed E-state index contributed by atoms with van der Waals surface area (Å²) in [5.41, 5.74) is 0.223. The van der Waals surface area contributed by atoms with Gasteiger partial charge in [0.15, 0.2) is 0 Å². The Morgan fingerprint density at radius 2 is 1.71 bits per heavy atom. The fourth-order valence-electron chi connectivity index (χ4n) is 1.41. The van der Waals surface area contributed by atoms with Crippen molar-refractivity contribution >= 4 is 11.8 Å². The molecule has 0 atom stereocenters. The summed E-state index contributed by atoms with van der Waals surface area (Å²) < 4.78 is 0. The SMILES string of the molecule is CC(C)(C)NCCNCCSc1ccccc1. The van der Waals surface area contributed by atoms with Crippen LogP contribution in [0.1, 0.15) is 20.8 Å². The quantitative estimate of drug-likeness (QED) is 0.576. The Bertz CT molecular complexity index is 293. The summed E-state index contributed by atoms with van der Waals surface area (Å²) in [6.07, 6.45) is 0. The van der Waals surface area contributed by atoms with Gasteiger partial charge in [0, 0.05) is 35.8 Å². The first-order chi connectivity index (χ1) is 8.08. The molecule has 0 spiro atoms. The van der Waals surface area contributed by atoms with Gasteiger partial charge in [-0.25, -0.2) is 0 Å². The zero-order valence-electron chi connectivity index (χ0n) is 11.1. The second-order valence-corrected chi connectivity index (χ2v) is 6.26. The summed E-state index contributed by atoms with van der Waals surface area (Å²) >= 11 is 1.90. The maximum absolute atomic E-state index is 3.46. The Morgan fingerprint density at radius 1 is 1.00 bits per heavy atom. The van der Waals surface area contributed by atoms with Crippen molar-refractivity contribution in [2.24, 2.45) is 0 Å². The summed E-state index contributed by atoms with van der Waals surface area (Å²) in [6.45, 7) is 9.70. The normalized spacial score (nSPS) is 11.7. The van der Waals surface area contributed by atoms with E-state index in [-0.39, 0.29) is 5.54 Å². The highest BCUT2D eigenvalue weighted by atomic mass is 32.2. The minimum atomic E-state index is 0.223. The number of hydrogen-bond donors (Lipinski definition) is 2. The molecule has 0 unspecified atom stereocenters. The van der Waals surface area contributed by atoms with Gasteiger partial charge >= 0.3 is 0 Å². The van der Waals surface area contributed by atoms with E-state index in [9.17, 15) is 0 Å². The van der Waals surface area contributed by atoms with E-state index in [2.05, 4.69) is 61.7 Å². The third-order valence-corrected chi connectivity index (χ3v) is 3.26. The fourth-order valence-corrected chi connectivity index (χ4v) is 2.24. The largest absolute Gasteiger partial charge is 0.315 e. The Hall–Kier alpha value is -0.510. The van der Waals surface area contributed by atoms with Gasteiger partial charge in [0.05, 0.1) is 0 Å². The van der Waals surface area contributed by atoms with Crippen molar-refractivity contribution in [3.63, 3.8) is 0 Å². The molecule has 0 aromatic heterocycles. The number of nitrogens with one attached hydrogen (secondary N) is 2. The van der Waals surface area contributed by atoms with E-state index in [1.54, 1.807) is 0 Å². The molecule has 0 saturated heterocycles. The minimum Gasteiger partial charge on any atom is -0.315 e. The van der Waals surface area contributed by atoms with Crippen LogP contribution in [0, 0.1) is 0 Å². The first kappa shape index (κ1) is 14.6. The Balaban J connectivity index is 1.95. The minimum absolute atomic E-state index is 0.223. The van der Waals surface area contributed by atoms with E-state index >= 15 is 0 Å². The van der Waals surface area contributed by atoms with Crippen LogP contribution < -0.4 is 10.6 Å². The lowest BCUT2D eigenvalue weighted by molar-refractivity contribution is 0.423. The van der Waals surface area contributed by atoms with Gasteiger partial charge in [0.25, 0.3) is 0 Å². The van der Waals surface area contributed by atoms with Crippen LogP contribution in [0.4, 0.5) is 0 Å². The van der Waals surface area contributed by atoms with Gasteiger partial charge in [-0.2, -0.15) is 0 Å². The smallest absolute Gasteiger partial charge is 0.0106 e. The van der Waals surface area contributed by atoms with Crippen LogP contribution in [0.3, 0.4) is 0 Å². The summed E-state index contributed by atoms with van der Waals surface area (Å²) in [5, 5.41) is 6.91. The lowest BCUT2D eigenvalue weighted by Crippen LogP contribution is -2.40. The van der Waals surface area contributed by atoms with Crippen molar-refractivity contribution in [3.05, 3.63) is 30.3 Å². The number of hydrogen-bond acceptors (Lipinski definition) is 3.